The van der Waals surface area contributed by atoms with Crippen molar-refractivity contribution in [1.29, 1.82) is 0 Å². The smallest absolute Gasteiger partial charge is 0.245 e. The number of amides is 2. The minimum absolute atomic E-state index is 0.109. The monoisotopic (exact) mass is 434 g/mol. The third-order valence-corrected chi connectivity index (χ3v) is 5.90. The maximum atomic E-state index is 13.4. The van der Waals surface area contributed by atoms with Crippen LogP contribution in [0.25, 0.3) is 10.9 Å². The number of anilines is 1. The molecule has 0 spiro atoms. The Morgan fingerprint density at radius 1 is 1.09 bits per heavy atom. The molecule has 1 atom stereocenters. The lowest BCUT2D eigenvalue weighted by molar-refractivity contribution is -0.135. The van der Waals surface area contributed by atoms with Gasteiger partial charge < -0.3 is 24.8 Å². The van der Waals surface area contributed by atoms with E-state index in [-0.39, 0.29) is 11.8 Å². The van der Waals surface area contributed by atoms with Crippen molar-refractivity contribution >= 4 is 28.4 Å². The second-order valence-corrected chi connectivity index (χ2v) is 8.24. The molecular weight excluding hydrogens is 404 g/mol. The van der Waals surface area contributed by atoms with Crippen LogP contribution in [-0.4, -0.2) is 61.1 Å². The zero-order chi connectivity index (χ0) is 22.5. The van der Waals surface area contributed by atoms with Gasteiger partial charge in [-0.3, -0.25) is 9.59 Å². The minimum atomic E-state index is -0.632. The van der Waals surface area contributed by atoms with Crippen molar-refractivity contribution in [3.8, 4) is 0 Å². The number of H-pyrrole nitrogens is 1. The van der Waals surface area contributed by atoms with Gasteiger partial charge in [0.25, 0.3) is 0 Å². The number of rotatable bonds is 7. The average molecular weight is 435 g/mol. The number of carbonyl (C=O) groups excluding carboxylic acids is 2. The number of nitrogens with one attached hydrogen (secondary N) is 2. The van der Waals surface area contributed by atoms with Crippen molar-refractivity contribution in [2.24, 2.45) is 0 Å². The van der Waals surface area contributed by atoms with E-state index in [2.05, 4.69) is 27.3 Å². The Morgan fingerprint density at radius 2 is 1.81 bits per heavy atom. The highest BCUT2D eigenvalue weighted by Crippen LogP contribution is 2.24. The van der Waals surface area contributed by atoms with E-state index < -0.39 is 6.04 Å². The summed E-state index contributed by atoms with van der Waals surface area (Å²) < 4.78 is 5.48. The van der Waals surface area contributed by atoms with Gasteiger partial charge in [-0.15, -0.1) is 0 Å². The summed E-state index contributed by atoms with van der Waals surface area (Å²) in [5.74, 6) is -0.326. The highest BCUT2D eigenvalue weighted by Gasteiger charge is 2.25. The number of para-hydroxylation sites is 2. The molecule has 168 valence electrons. The van der Waals surface area contributed by atoms with Crippen LogP contribution in [-0.2, 0) is 27.3 Å². The lowest BCUT2D eigenvalue weighted by atomic mass is 10.0. The summed E-state index contributed by atoms with van der Waals surface area (Å²) in [7, 11) is 1.79. The fourth-order valence-electron chi connectivity index (χ4n) is 4.32. The molecule has 4 rings (SSSR count). The number of carbonyl (C=O) groups is 2. The summed E-state index contributed by atoms with van der Waals surface area (Å²) in [5.41, 5.74) is 4.24. The molecule has 3 aromatic rings. The van der Waals surface area contributed by atoms with E-state index in [0.29, 0.717) is 26.2 Å². The number of fused-ring (bicyclic) bond motifs is 1. The van der Waals surface area contributed by atoms with Crippen molar-refractivity contribution in [3.05, 3.63) is 65.9 Å². The quantitative estimate of drug-likeness (QED) is 0.600. The molecule has 1 saturated heterocycles. The van der Waals surface area contributed by atoms with Gasteiger partial charge in [-0.05, 0) is 23.3 Å². The van der Waals surface area contributed by atoms with Crippen molar-refractivity contribution < 1.29 is 14.3 Å². The van der Waals surface area contributed by atoms with Gasteiger partial charge in [0.05, 0.1) is 13.2 Å². The van der Waals surface area contributed by atoms with Gasteiger partial charge in [0.1, 0.15) is 6.04 Å². The van der Waals surface area contributed by atoms with E-state index in [0.717, 1.165) is 40.8 Å². The van der Waals surface area contributed by atoms with Crippen LogP contribution in [0.5, 0.6) is 0 Å². The van der Waals surface area contributed by atoms with Gasteiger partial charge in [-0.2, -0.15) is 0 Å². The SMILES string of the molecule is CC(=O)N[C@H](Cc1c[nH]c2ccccc12)C(=O)N(C)Cc1ccccc1N1CCOCC1. The molecule has 2 heterocycles. The molecule has 1 aliphatic rings. The Bertz CT molecular complexity index is 1090. The highest BCUT2D eigenvalue weighted by molar-refractivity contribution is 5.89. The van der Waals surface area contributed by atoms with E-state index in [1.54, 1.807) is 11.9 Å². The lowest BCUT2D eigenvalue weighted by Gasteiger charge is -2.32. The number of likely N-dealkylation sites (N-methyl/N-ethyl adjacent to an activating group) is 1. The van der Waals surface area contributed by atoms with Crippen LogP contribution >= 0.6 is 0 Å². The first-order valence-corrected chi connectivity index (χ1v) is 11.0. The van der Waals surface area contributed by atoms with Crippen molar-refractivity contribution in [3.63, 3.8) is 0 Å². The van der Waals surface area contributed by atoms with Gasteiger partial charge in [0.2, 0.25) is 11.8 Å². The number of nitrogens with zero attached hydrogens (tertiary/aromatic N) is 2. The second kappa shape index (κ2) is 9.87. The van der Waals surface area contributed by atoms with Crippen LogP contribution in [0.1, 0.15) is 18.1 Å². The number of hydrogen-bond acceptors (Lipinski definition) is 4. The van der Waals surface area contributed by atoms with Crippen LogP contribution < -0.4 is 10.2 Å². The van der Waals surface area contributed by atoms with Crippen LogP contribution in [0.3, 0.4) is 0 Å². The van der Waals surface area contributed by atoms with Crippen LogP contribution in [0.4, 0.5) is 5.69 Å². The molecule has 0 aliphatic carbocycles. The fourth-order valence-corrected chi connectivity index (χ4v) is 4.32. The second-order valence-electron chi connectivity index (χ2n) is 8.24. The third-order valence-electron chi connectivity index (χ3n) is 5.90. The van der Waals surface area contributed by atoms with E-state index >= 15 is 0 Å². The highest BCUT2D eigenvalue weighted by atomic mass is 16.5. The maximum Gasteiger partial charge on any atom is 0.245 e. The molecule has 1 aromatic heterocycles. The molecule has 1 fully saturated rings. The Labute approximate surface area is 188 Å². The maximum absolute atomic E-state index is 13.4. The fraction of sp³-hybridized carbons (Fsp3) is 0.360. The molecule has 1 aliphatic heterocycles. The number of benzene rings is 2. The minimum Gasteiger partial charge on any atom is -0.378 e. The molecular formula is C25H30N4O3. The Kier molecular flexibility index (Phi) is 6.75. The molecule has 0 radical (unpaired) electrons. The Hall–Kier alpha value is -3.32. The number of morpholine rings is 1. The molecule has 2 aromatic carbocycles. The molecule has 2 N–H and O–H groups in total. The lowest BCUT2D eigenvalue weighted by Crippen LogP contribution is -2.47. The standard InChI is InChI=1S/C25H30N4O3/c1-18(30)27-23(15-20-16-26-22-9-5-4-8-21(20)22)25(31)28(2)17-19-7-3-6-10-24(19)29-11-13-32-14-12-29/h3-10,16,23,26H,11-15,17H2,1-2H3,(H,27,30)/t23-/m1/s1. The van der Waals surface area contributed by atoms with Gasteiger partial charge in [0.15, 0.2) is 0 Å². The van der Waals surface area contributed by atoms with E-state index in [1.807, 2.05) is 42.6 Å². The first-order chi connectivity index (χ1) is 15.5. The normalized spacial score (nSPS) is 14.9. The predicted octanol–water partition coefficient (Wildman–Crippen LogP) is 2.71. The van der Waals surface area contributed by atoms with Gasteiger partial charge in [-0.25, -0.2) is 0 Å². The number of ether oxygens (including phenoxy) is 1. The van der Waals surface area contributed by atoms with Gasteiger partial charge >= 0.3 is 0 Å². The molecule has 2 amide bonds. The summed E-state index contributed by atoms with van der Waals surface area (Å²) in [6.07, 6.45) is 2.35. The summed E-state index contributed by atoms with van der Waals surface area (Å²) in [6.45, 7) is 5.00. The number of aromatic amines is 1. The number of aromatic nitrogens is 1. The predicted molar refractivity (Wildman–Crippen MR) is 126 cm³/mol. The van der Waals surface area contributed by atoms with E-state index in [4.69, 9.17) is 4.74 Å². The molecule has 7 nitrogen and oxygen atoms in total. The first-order valence-electron chi connectivity index (χ1n) is 11.0. The van der Waals surface area contributed by atoms with Crippen molar-refractivity contribution in [1.82, 2.24) is 15.2 Å². The average Bonchev–Trinajstić information content (AvgIpc) is 3.21. The van der Waals surface area contributed by atoms with E-state index in [1.165, 1.54) is 6.92 Å². The summed E-state index contributed by atoms with van der Waals surface area (Å²) in [6, 6.07) is 15.5. The zero-order valence-corrected chi connectivity index (χ0v) is 18.6. The molecule has 32 heavy (non-hydrogen) atoms. The summed E-state index contributed by atoms with van der Waals surface area (Å²) in [5, 5.41) is 3.92. The van der Waals surface area contributed by atoms with Crippen LogP contribution in [0.15, 0.2) is 54.7 Å². The molecule has 0 unspecified atom stereocenters. The molecule has 0 bridgehead atoms. The Balaban J connectivity index is 1.52. The third kappa shape index (κ3) is 4.94. The van der Waals surface area contributed by atoms with Crippen molar-refractivity contribution in [2.45, 2.75) is 25.9 Å². The molecule has 7 heteroatoms. The zero-order valence-electron chi connectivity index (χ0n) is 18.6. The number of hydrogen-bond donors (Lipinski definition) is 2. The van der Waals surface area contributed by atoms with E-state index in [9.17, 15) is 9.59 Å². The largest absolute Gasteiger partial charge is 0.378 e. The Morgan fingerprint density at radius 3 is 2.59 bits per heavy atom. The summed E-state index contributed by atoms with van der Waals surface area (Å²) >= 11 is 0. The topological polar surface area (TPSA) is 77.7 Å². The van der Waals surface area contributed by atoms with Gasteiger partial charge in [-0.1, -0.05) is 36.4 Å². The van der Waals surface area contributed by atoms with Gasteiger partial charge in [0, 0.05) is 62.8 Å². The van der Waals surface area contributed by atoms with Crippen LogP contribution in [0, 0.1) is 0 Å². The summed E-state index contributed by atoms with van der Waals surface area (Å²) in [4.78, 5) is 32.5. The first kappa shape index (κ1) is 21.9. The van der Waals surface area contributed by atoms with Crippen LogP contribution in [0.2, 0.25) is 0 Å². The molecule has 0 saturated carbocycles. The van der Waals surface area contributed by atoms with Crippen molar-refractivity contribution in [2.75, 3.05) is 38.3 Å².